The van der Waals surface area contributed by atoms with E-state index in [1.165, 1.54) is 12.1 Å². The molecule has 0 aliphatic carbocycles. The summed E-state index contributed by atoms with van der Waals surface area (Å²) in [6.07, 6.45) is -4.40. The maximum Gasteiger partial charge on any atom is 0.417 e. The Kier molecular flexibility index (Phi) is 4.38. The highest BCUT2D eigenvalue weighted by molar-refractivity contribution is 14.1. The number of nitrogens with zero attached hydrogens (tertiary/aromatic N) is 2. The zero-order valence-corrected chi connectivity index (χ0v) is 11.0. The summed E-state index contributed by atoms with van der Waals surface area (Å²) < 4.78 is 37.5. The highest BCUT2D eigenvalue weighted by Crippen LogP contribution is 2.34. The minimum Gasteiger partial charge on any atom is -0.370 e. The molecular formula is C9H9F3IN5. The Balaban J connectivity index is 3.10. The van der Waals surface area contributed by atoms with Crippen molar-refractivity contribution in [3.8, 4) is 0 Å². The summed E-state index contributed by atoms with van der Waals surface area (Å²) in [5, 5.41) is 0. The number of alkyl halides is 3. The fraction of sp³-hybridized carbons (Fsp3) is 0.111. The predicted molar refractivity (Wildman–Crippen MR) is 71.3 cm³/mol. The molecule has 6 N–H and O–H groups in total. The number of aliphatic imine (C=N–C) groups is 2. The van der Waals surface area contributed by atoms with Gasteiger partial charge in [-0.3, -0.25) is 0 Å². The average Bonchev–Trinajstić information content (AvgIpc) is 2.13. The Morgan fingerprint density at radius 2 is 1.78 bits per heavy atom. The standard InChI is InChI=1S/C9H9F3IN5/c10-9(11,12)5-2-1-4(3-6(5)13)17-8(16)18-7(14)15/h1-3H,(H6,14,15,16,17,18). The third-order valence-corrected chi connectivity index (χ3v) is 2.64. The van der Waals surface area contributed by atoms with Crippen LogP contribution in [0.4, 0.5) is 18.9 Å². The van der Waals surface area contributed by atoms with Gasteiger partial charge in [0.05, 0.1) is 11.3 Å². The summed E-state index contributed by atoms with van der Waals surface area (Å²) in [4.78, 5) is 7.21. The highest BCUT2D eigenvalue weighted by atomic mass is 127. The second kappa shape index (κ2) is 5.42. The molecule has 18 heavy (non-hydrogen) atoms. The van der Waals surface area contributed by atoms with Crippen LogP contribution in [0.1, 0.15) is 5.56 Å². The maximum absolute atomic E-state index is 12.5. The maximum atomic E-state index is 12.5. The van der Waals surface area contributed by atoms with Gasteiger partial charge >= 0.3 is 6.18 Å². The van der Waals surface area contributed by atoms with Crippen LogP contribution in [0.15, 0.2) is 28.2 Å². The fourth-order valence-electron chi connectivity index (χ4n) is 1.09. The van der Waals surface area contributed by atoms with Crippen molar-refractivity contribution in [1.82, 2.24) is 0 Å². The molecule has 0 aromatic heterocycles. The molecule has 1 aromatic rings. The van der Waals surface area contributed by atoms with E-state index in [2.05, 4.69) is 9.98 Å². The summed E-state index contributed by atoms with van der Waals surface area (Å²) >= 11 is 1.57. The second-order valence-electron chi connectivity index (χ2n) is 3.17. The molecule has 0 heterocycles. The molecule has 1 aromatic carbocycles. The van der Waals surface area contributed by atoms with Gasteiger partial charge in [-0.1, -0.05) is 0 Å². The van der Waals surface area contributed by atoms with Crippen molar-refractivity contribution in [2.45, 2.75) is 6.18 Å². The Morgan fingerprint density at radius 3 is 2.22 bits per heavy atom. The smallest absolute Gasteiger partial charge is 0.370 e. The molecule has 0 spiro atoms. The van der Waals surface area contributed by atoms with E-state index < -0.39 is 11.7 Å². The fourth-order valence-corrected chi connectivity index (χ4v) is 1.90. The van der Waals surface area contributed by atoms with E-state index >= 15 is 0 Å². The lowest BCUT2D eigenvalue weighted by Crippen LogP contribution is -2.26. The number of guanidine groups is 2. The normalized spacial score (nSPS) is 12.3. The highest BCUT2D eigenvalue weighted by Gasteiger charge is 2.32. The first kappa shape index (κ1) is 14.5. The molecule has 0 amide bonds. The van der Waals surface area contributed by atoms with Gasteiger partial charge in [0.15, 0.2) is 5.96 Å². The molecule has 0 aliphatic heterocycles. The summed E-state index contributed by atoms with van der Waals surface area (Å²) in [6, 6.07) is 3.34. The number of halogens is 4. The number of hydrogen-bond donors (Lipinski definition) is 3. The molecule has 1 rings (SSSR count). The first-order valence-corrected chi connectivity index (χ1v) is 5.58. The zero-order chi connectivity index (χ0) is 13.9. The van der Waals surface area contributed by atoms with Crippen LogP contribution in [0.3, 0.4) is 0 Å². The summed E-state index contributed by atoms with van der Waals surface area (Å²) in [6.45, 7) is 0. The molecule has 98 valence electrons. The molecule has 0 unspecified atom stereocenters. The van der Waals surface area contributed by atoms with Crippen LogP contribution in [0, 0.1) is 3.57 Å². The van der Waals surface area contributed by atoms with E-state index in [-0.39, 0.29) is 21.2 Å². The van der Waals surface area contributed by atoms with Crippen LogP contribution in [-0.2, 0) is 6.18 Å². The molecule has 0 radical (unpaired) electrons. The van der Waals surface area contributed by atoms with Gasteiger partial charge in [-0.2, -0.15) is 18.2 Å². The monoisotopic (exact) mass is 371 g/mol. The van der Waals surface area contributed by atoms with Gasteiger partial charge in [-0.05, 0) is 40.8 Å². The van der Waals surface area contributed by atoms with Crippen molar-refractivity contribution >= 4 is 40.2 Å². The largest absolute Gasteiger partial charge is 0.417 e. The molecule has 0 fully saturated rings. The van der Waals surface area contributed by atoms with E-state index in [0.717, 1.165) is 6.07 Å². The van der Waals surface area contributed by atoms with E-state index in [9.17, 15) is 13.2 Å². The van der Waals surface area contributed by atoms with Crippen molar-refractivity contribution in [2.75, 3.05) is 0 Å². The lowest BCUT2D eigenvalue weighted by Gasteiger charge is -2.09. The van der Waals surface area contributed by atoms with Crippen LogP contribution in [0.5, 0.6) is 0 Å². The van der Waals surface area contributed by atoms with Gasteiger partial charge < -0.3 is 17.2 Å². The van der Waals surface area contributed by atoms with Gasteiger partial charge in [0.25, 0.3) is 0 Å². The molecule has 0 atom stereocenters. The van der Waals surface area contributed by atoms with Crippen LogP contribution in [0.25, 0.3) is 0 Å². The van der Waals surface area contributed by atoms with Gasteiger partial charge in [-0.15, -0.1) is 0 Å². The minimum absolute atomic E-state index is 0.0128. The SMILES string of the molecule is NC(N)=NC(N)=Nc1ccc(C(F)(F)F)c(I)c1. The van der Waals surface area contributed by atoms with Crippen LogP contribution < -0.4 is 17.2 Å². The first-order chi connectivity index (χ1) is 8.20. The van der Waals surface area contributed by atoms with E-state index in [1.807, 2.05) is 0 Å². The molecule has 0 saturated heterocycles. The molecule has 0 saturated carbocycles. The molecule has 9 heteroatoms. The third-order valence-electron chi connectivity index (χ3n) is 1.75. The van der Waals surface area contributed by atoms with E-state index in [1.54, 1.807) is 22.6 Å². The Hall–Kier alpha value is -1.52. The topological polar surface area (TPSA) is 103 Å². The number of rotatable bonds is 1. The Bertz CT molecular complexity index is 505. The van der Waals surface area contributed by atoms with Crippen molar-refractivity contribution in [2.24, 2.45) is 27.2 Å². The summed E-state index contributed by atoms with van der Waals surface area (Å²) in [5.74, 6) is -0.511. The van der Waals surface area contributed by atoms with E-state index in [4.69, 9.17) is 17.2 Å². The van der Waals surface area contributed by atoms with Crippen LogP contribution in [0.2, 0.25) is 0 Å². The second-order valence-corrected chi connectivity index (χ2v) is 4.33. The van der Waals surface area contributed by atoms with Gasteiger partial charge in [0, 0.05) is 3.57 Å². The van der Waals surface area contributed by atoms with Crippen molar-refractivity contribution < 1.29 is 13.2 Å². The number of benzene rings is 1. The lowest BCUT2D eigenvalue weighted by molar-refractivity contribution is -0.138. The van der Waals surface area contributed by atoms with Crippen molar-refractivity contribution in [1.29, 1.82) is 0 Å². The van der Waals surface area contributed by atoms with E-state index in [0.29, 0.717) is 0 Å². The number of hydrogen-bond acceptors (Lipinski definition) is 1. The molecule has 5 nitrogen and oxygen atoms in total. The summed E-state index contributed by atoms with van der Waals surface area (Å²) in [7, 11) is 0. The third kappa shape index (κ3) is 4.05. The van der Waals surface area contributed by atoms with Gasteiger partial charge in [0.2, 0.25) is 5.96 Å². The summed E-state index contributed by atoms with van der Waals surface area (Å²) in [5.41, 5.74) is 15.0. The van der Waals surface area contributed by atoms with Gasteiger partial charge in [0.1, 0.15) is 0 Å². The molecular weight excluding hydrogens is 362 g/mol. The van der Waals surface area contributed by atoms with Crippen LogP contribution >= 0.6 is 22.6 Å². The molecule has 0 aliphatic rings. The Morgan fingerprint density at radius 1 is 1.17 bits per heavy atom. The van der Waals surface area contributed by atoms with Crippen molar-refractivity contribution in [3.63, 3.8) is 0 Å². The first-order valence-electron chi connectivity index (χ1n) is 4.50. The number of nitrogens with two attached hydrogens (primary N) is 3. The Labute approximate surface area is 114 Å². The lowest BCUT2D eigenvalue weighted by atomic mass is 10.2. The molecule has 0 bridgehead atoms. The van der Waals surface area contributed by atoms with Crippen LogP contribution in [-0.4, -0.2) is 11.9 Å². The van der Waals surface area contributed by atoms with Crippen molar-refractivity contribution in [3.05, 3.63) is 27.3 Å². The van der Waals surface area contributed by atoms with Gasteiger partial charge in [-0.25, -0.2) is 4.99 Å². The predicted octanol–water partition coefficient (Wildman–Crippen LogP) is 1.53. The minimum atomic E-state index is -4.40. The zero-order valence-electron chi connectivity index (χ0n) is 8.87. The quantitative estimate of drug-likeness (QED) is 0.396. The average molecular weight is 371 g/mol.